The third kappa shape index (κ3) is 1870. The van der Waals surface area contributed by atoms with Gasteiger partial charge in [0.25, 0.3) is 0 Å². The Bertz CT molecular complexity index is 48.4. The molecule has 13 nitrogen and oxygen atoms in total. The average Bonchev–Trinajstić information content (AvgIpc) is 2.33. The van der Waals surface area contributed by atoms with Crippen LogP contribution in [0.4, 0.5) is 0 Å². The second-order valence-electron chi connectivity index (χ2n) is 0. The van der Waals surface area contributed by atoms with E-state index in [1.165, 1.54) is 7.05 Å². The van der Waals surface area contributed by atoms with Crippen molar-refractivity contribution in [3.05, 3.63) is 0 Å². The Kier molecular flexibility index (Phi) is 54300. The van der Waals surface area contributed by atoms with Crippen molar-refractivity contribution >= 4 is 33.9 Å². The summed E-state index contributed by atoms with van der Waals surface area (Å²) in [6.45, 7) is 10.0. The minimum atomic E-state index is 0. The van der Waals surface area contributed by atoms with Crippen LogP contribution in [0.1, 0.15) is 37.1 Å². The Morgan fingerprint density at radius 3 is 0.375 bits per heavy atom. The number of hydrogen-bond acceptors (Lipinski definition) is 12. The Morgan fingerprint density at radius 1 is 0.375 bits per heavy atom. The van der Waals surface area contributed by atoms with Crippen LogP contribution in [-0.4, -0.2) is 46.5 Å². The summed E-state index contributed by atoms with van der Waals surface area (Å²) in [4.78, 5) is 40.0. The van der Waals surface area contributed by atoms with Gasteiger partial charge in [-0.1, -0.05) is 37.1 Å². The maximum atomic E-state index is 8.00. The van der Waals surface area contributed by atoms with Gasteiger partial charge in [0.1, 0.15) is 33.9 Å². The molecular formula is C11H55N7O6. The van der Waals surface area contributed by atoms with Gasteiger partial charge in [-0.3, -0.25) is 0 Å². The van der Waals surface area contributed by atoms with Gasteiger partial charge in [-0.25, -0.2) is 0 Å². The molecule has 24 heavy (non-hydrogen) atoms. The molecule has 0 saturated carbocycles. The molecule has 0 unspecified atom stereocenters. The van der Waals surface area contributed by atoms with E-state index in [0.717, 1.165) is 0 Å². The van der Waals surface area contributed by atoms with Crippen molar-refractivity contribution in [2.45, 2.75) is 37.1 Å². The summed E-state index contributed by atoms with van der Waals surface area (Å²) in [5.41, 5.74) is 4.50. The number of rotatable bonds is 0. The highest BCUT2D eigenvalue weighted by atomic mass is 16.1. The van der Waals surface area contributed by atoms with Crippen LogP contribution in [0.3, 0.4) is 0 Å². The lowest BCUT2D eigenvalue weighted by Gasteiger charge is -1.19. The maximum absolute atomic E-state index is 8.00. The molecule has 0 aliphatic carbocycles. The fraction of sp³-hybridized carbons (Fsp3) is 0.545. The summed E-state index contributed by atoms with van der Waals surface area (Å²) in [6, 6.07) is 0. The first-order chi connectivity index (χ1) is 6.00. The molecule has 13 heteroatoms. The molecule has 0 rings (SSSR count). The van der Waals surface area contributed by atoms with Gasteiger partial charge in [0.05, 0.1) is 0 Å². The molecule has 0 saturated heterocycles. The second kappa shape index (κ2) is 2170. The van der Waals surface area contributed by atoms with Gasteiger partial charge in [0.15, 0.2) is 0 Å². The Hall–Kier alpha value is -1.97. The molecule has 0 aliphatic heterocycles. The summed E-state index contributed by atoms with van der Waals surface area (Å²) < 4.78 is 0. The van der Waals surface area contributed by atoms with Crippen molar-refractivity contribution in [2.75, 3.05) is 7.05 Å². The zero-order valence-electron chi connectivity index (χ0n) is 11.9. The van der Waals surface area contributed by atoms with E-state index in [9.17, 15) is 0 Å². The van der Waals surface area contributed by atoms with Crippen LogP contribution in [0.25, 0.3) is 0 Å². The van der Waals surface area contributed by atoms with E-state index in [0.29, 0.717) is 0 Å². The lowest BCUT2D eigenvalue weighted by molar-refractivity contribution is -0.0987. The summed E-state index contributed by atoms with van der Waals surface area (Å²) in [5.74, 6) is 0. The van der Waals surface area contributed by atoms with Crippen LogP contribution in [-0.2, 0) is 24.0 Å². The second-order valence-corrected chi connectivity index (χ2v) is 0. The average molecular weight is 382 g/mol. The molecule has 0 spiro atoms. The number of carbonyl (C=O) groups excluding carboxylic acids is 5. The molecule has 0 bridgehead atoms. The minimum absolute atomic E-state index is 0. The van der Waals surface area contributed by atoms with Gasteiger partial charge in [-0.05, 0) is 7.05 Å². The third-order valence-electron chi connectivity index (χ3n) is 0. The van der Waals surface area contributed by atoms with Gasteiger partial charge in [0, 0.05) is 0 Å². The lowest BCUT2D eigenvalue weighted by atomic mass is 11.6. The van der Waals surface area contributed by atoms with Crippen molar-refractivity contribution in [1.29, 1.82) is 0 Å². The highest BCUT2D eigenvalue weighted by molar-refractivity contribution is 5.11. The van der Waals surface area contributed by atoms with Crippen LogP contribution in [0.15, 0.2) is 0 Å². The number of nitrogens with two attached hydrogens (primary N) is 1. The fourth-order valence-corrected chi connectivity index (χ4v) is 0. The van der Waals surface area contributed by atoms with E-state index >= 15 is 0 Å². The first-order valence-corrected chi connectivity index (χ1v) is 2.02. The van der Waals surface area contributed by atoms with Gasteiger partial charge in [-0.15, -0.1) is 0 Å². The molecule has 0 aliphatic rings. The van der Waals surface area contributed by atoms with Gasteiger partial charge in [0.2, 0.25) is 0 Å². The predicted octanol–water partition coefficient (Wildman–Crippen LogP) is 1.98. The first kappa shape index (κ1) is 600. The topological polar surface area (TPSA) is 353 Å². The van der Waals surface area contributed by atoms with Crippen LogP contribution in [0.2, 0.25) is 0 Å². The van der Waals surface area contributed by atoms with E-state index in [2.05, 4.69) is 5.73 Å². The molecule has 22 N–H and O–H groups in total. The van der Waals surface area contributed by atoms with E-state index in [1.54, 1.807) is 0 Å². The quantitative estimate of drug-likeness (QED) is 0.316. The molecule has 170 valence electrons. The Morgan fingerprint density at radius 2 is 0.375 bits per heavy atom. The zero-order valence-corrected chi connectivity index (χ0v) is 11.9. The first-order valence-electron chi connectivity index (χ1n) is 2.02. The summed E-state index contributed by atoms with van der Waals surface area (Å²) in [5, 5.41) is 0. The molecule has 0 aromatic rings. The maximum Gasteiger partial charge on any atom is 0.106 e. The molecule has 0 aromatic heterocycles. The SMILES string of the molecule is C.C.C.C.C.C=O.C=O.C=O.C=O.C=O.CN.N.N.N.N.N.N.O. The molecule has 0 heterocycles. The third-order valence-corrected chi connectivity index (χ3v) is 0. The minimum Gasteiger partial charge on any atom is -0.412 e. The van der Waals surface area contributed by atoms with Gasteiger partial charge in [-0.2, -0.15) is 0 Å². The lowest BCUT2D eigenvalue weighted by Crippen LogP contribution is -1.69. The molecular weight excluding hydrogens is 326 g/mol. The molecule has 0 atom stereocenters. The van der Waals surface area contributed by atoms with Crippen molar-refractivity contribution in [3.8, 4) is 0 Å². The van der Waals surface area contributed by atoms with E-state index in [-0.39, 0.29) is 79.5 Å². The van der Waals surface area contributed by atoms with Crippen LogP contribution in [0, 0.1) is 0 Å². The van der Waals surface area contributed by atoms with Gasteiger partial charge < -0.3 is 72.1 Å². The van der Waals surface area contributed by atoms with E-state index in [1.807, 2.05) is 33.9 Å². The predicted molar refractivity (Wildman–Crippen MR) is 113 cm³/mol. The van der Waals surface area contributed by atoms with Crippen LogP contribution >= 0.6 is 0 Å². The van der Waals surface area contributed by atoms with Gasteiger partial charge >= 0.3 is 0 Å². The van der Waals surface area contributed by atoms with E-state index in [4.69, 9.17) is 24.0 Å². The normalized spacial score (nSPS) is 1.08. The van der Waals surface area contributed by atoms with Crippen molar-refractivity contribution in [2.24, 2.45) is 5.73 Å². The number of hydrogen-bond donors (Lipinski definition) is 7. The van der Waals surface area contributed by atoms with Crippen molar-refractivity contribution in [3.63, 3.8) is 0 Å². The smallest absolute Gasteiger partial charge is 0.106 e. The zero-order chi connectivity index (χ0) is 12.0. The fourth-order valence-electron chi connectivity index (χ4n) is 0. The summed E-state index contributed by atoms with van der Waals surface area (Å²) >= 11 is 0. The highest BCUT2D eigenvalue weighted by Crippen LogP contribution is 0.503. The largest absolute Gasteiger partial charge is 0.412 e. The molecule has 0 aromatic carbocycles. The number of carbonyl (C=O) groups is 5. The summed E-state index contributed by atoms with van der Waals surface area (Å²) in [6.07, 6.45) is 0. The van der Waals surface area contributed by atoms with Crippen molar-refractivity contribution in [1.82, 2.24) is 36.9 Å². The highest BCUT2D eigenvalue weighted by Gasteiger charge is 0.836. The Balaban J connectivity index is -0.00000000102. The van der Waals surface area contributed by atoms with E-state index < -0.39 is 0 Å². The molecule has 0 fully saturated rings. The van der Waals surface area contributed by atoms with Crippen LogP contribution in [0.5, 0.6) is 0 Å². The molecule has 0 radical (unpaired) electrons. The molecule has 0 amide bonds. The monoisotopic (exact) mass is 381 g/mol. The Labute approximate surface area is 151 Å². The summed E-state index contributed by atoms with van der Waals surface area (Å²) in [7, 11) is 1.50. The van der Waals surface area contributed by atoms with Crippen molar-refractivity contribution < 1.29 is 29.4 Å². The standard InChI is InChI=1S/CH5N.5CH2O.5CH4.6H3N.H2O/c6*1-2;;;;;;;;;;;;/h2H2,1H3;5*1H2;5*1H4;6*1H3;1H2. The van der Waals surface area contributed by atoms with Crippen LogP contribution < -0.4 is 42.6 Å².